The SMILES string of the molecule is CC1(C)CN=C(Nc2cncc(C(=O)NCC(=O)N[C@@H](CC(=O)O)c3cc(Br)cc(Cl)c3O)c2)NC1. The van der Waals surface area contributed by atoms with Gasteiger partial charge in [0.1, 0.15) is 5.75 Å². The molecule has 1 aromatic carbocycles. The van der Waals surface area contributed by atoms with Gasteiger partial charge in [0.25, 0.3) is 5.91 Å². The van der Waals surface area contributed by atoms with Crippen LogP contribution in [-0.4, -0.2) is 58.6 Å². The number of carbonyl (C=O) groups is 3. The topological polar surface area (TPSA) is 165 Å². The molecule has 36 heavy (non-hydrogen) atoms. The summed E-state index contributed by atoms with van der Waals surface area (Å²) in [5, 5.41) is 30.8. The maximum atomic E-state index is 12.6. The number of phenolic OH excluding ortho intramolecular Hbond substituents is 1. The third kappa shape index (κ3) is 7.56. The second-order valence-corrected chi connectivity index (χ2v) is 10.3. The zero-order chi connectivity index (χ0) is 26.5. The fraction of sp³-hybridized carbons (Fsp3) is 0.348. The summed E-state index contributed by atoms with van der Waals surface area (Å²) in [6.07, 6.45) is 2.39. The average molecular weight is 582 g/mol. The molecule has 0 aliphatic carbocycles. The van der Waals surface area contributed by atoms with Gasteiger partial charge in [0.15, 0.2) is 5.96 Å². The number of rotatable bonds is 8. The number of aliphatic carboxylic acids is 1. The summed E-state index contributed by atoms with van der Waals surface area (Å²) in [7, 11) is 0. The molecule has 13 heteroatoms. The Balaban J connectivity index is 1.62. The molecule has 0 fully saturated rings. The van der Waals surface area contributed by atoms with Crippen LogP contribution < -0.4 is 21.3 Å². The van der Waals surface area contributed by atoms with Gasteiger partial charge in [0.2, 0.25) is 5.91 Å². The van der Waals surface area contributed by atoms with Crippen LogP contribution in [0.1, 0.15) is 42.2 Å². The molecule has 1 aliphatic rings. The predicted molar refractivity (Wildman–Crippen MR) is 138 cm³/mol. The van der Waals surface area contributed by atoms with Gasteiger partial charge in [-0.25, -0.2) is 0 Å². The van der Waals surface area contributed by atoms with E-state index in [4.69, 9.17) is 11.6 Å². The molecule has 6 N–H and O–H groups in total. The van der Waals surface area contributed by atoms with Crippen LogP contribution in [0.15, 0.2) is 40.1 Å². The molecular formula is C23H26BrClN6O5. The molecule has 0 radical (unpaired) electrons. The van der Waals surface area contributed by atoms with E-state index in [1.165, 1.54) is 18.3 Å². The minimum atomic E-state index is -1.20. The molecule has 0 bridgehead atoms. The first-order chi connectivity index (χ1) is 16.9. The molecule has 2 amide bonds. The number of aromatic hydroxyl groups is 1. The van der Waals surface area contributed by atoms with E-state index in [2.05, 4.69) is 61.0 Å². The van der Waals surface area contributed by atoms with Gasteiger partial charge in [0.05, 0.1) is 41.5 Å². The molecule has 0 saturated heterocycles. The standard InChI is InChI=1S/C23H26BrClN6O5/c1-23(2)10-28-22(29-11-23)30-14-3-12(7-26-8-14)21(36)27-9-18(32)31-17(6-19(33)34)15-4-13(24)5-16(25)20(15)35/h3-5,7-8,17,35H,6,9-11H2,1-2H3,(H,27,36)(H,31,32)(H,33,34)(H2,28,29,30)/t17-/m0/s1. The number of carboxylic acid groups (broad SMARTS) is 1. The average Bonchev–Trinajstić information content (AvgIpc) is 2.80. The zero-order valence-electron chi connectivity index (χ0n) is 19.6. The highest BCUT2D eigenvalue weighted by Gasteiger charge is 2.24. The number of carbonyl (C=O) groups excluding carboxylic acids is 2. The number of aromatic nitrogens is 1. The summed E-state index contributed by atoms with van der Waals surface area (Å²) in [5.41, 5.74) is 0.934. The number of pyridine rings is 1. The summed E-state index contributed by atoms with van der Waals surface area (Å²) < 4.78 is 0.498. The van der Waals surface area contributed by atoms with Gasteiger partial charge in [-0.05, 0) is 18.2 Å². The third-order valence-electron chi connectivity index (χ3n) is 5.22. The number of anilines is 1. The lowest BCUT2D eigenvalue weighted by Gasteiger charge is -2.29. The first-order valence-corrected chi connectivity index (χ1v) is 12.1. The van der Waals surface area contributed by atoms with Crippen molar-refractivity contribution in [3.63, 3.8) is 0 Å². The van der Waals surface area contributed by atoms with Crippen molar-refractivity contribution in [2.75, 3.05) is 25.0 Å². The van der Waals surface area contributed by atoms with E-state index in [1.807, 2.05) is 0 Å². The van der Waals surface area contributed by atoms with Crippen LogP contribution in [-0.2, 0) is 9.59 Å². The van der Waals surface area contributed by atoms with Crippen molar-refractivity contribution in [3.05, 3.63) is 51.2 Å². The lowest BCUT2D eigenvalue weighted by molar-refractivity contribution is -0.137. The predicted octanol–water partition coefficient (Wildman–Crippen LogP) is 2.66. The van der Waals surface area contributed by atoms with Crippen molar-refractivity contribution in [3.8, 4) is 5.75 Å². The lowest BCUT2D eigenvalue weighted by atomic mass is 9.93. The number of hydrogen-bond acceptors (Lipinski definition) is 8. The van der Waals surface area contributed by atoms with Crippen molar-refractivity contribution in [2.45, 2.75) is 26.3 Å². The number of aliphatic imine (C=N–C) groups is 1. The lowest BCUT2D eigenvalue weighted by Crippen LogP contribution is -2.44. The molecule has 1 atom stereocenters. The van der Waals surface area contributed by atoms with Crippen molar-refractivity contribution < 1.29 is 24.6 Å². The number of amides is 2. The number of phenols is 1. The van der Waals surface area contributed by atoms with E-state index in [9.17, 15) is 24.6 Å². The van der Waals surface area contributed by atoms with E-state index in [0.717, 1.165) is 6.54 Å². The molecule has 0 unspecified atom stereocenters. The zero-order valence-corrected chi connectivity index (χ0v) is 21.9. The van der Waals surface area contributed by atoms with Crippen LogP contribution in [0, 0.1) is 5.41 Å². The van der Waals surface area contributed by atoms with Crippen LogP contribution in [0.5, 0.6) is 5.75 Å². The van der Waals surface area contributed by atoms with Gasteiger partial charge in [-0.3, -0.25) is 24.4 Å². The molecule has 11 nitrogen and oxygen atoms in total. The highest BCUT2D eigenvalue weighted by molar-refractivity contribution is 9.10. The van der Waals surface area contributed by atoms with Crippen LogP contribution in [0.4, 0.5) is 5.69 Å². The Labute approximate surface area is 220 Å². The second-order valence-electron chi connectivity index (χ2n) is 9.00. The first-order valence-electron chi connectivity index (χ1n) is 10.9. The molecule has 2 heterocycles. The normalized spacial score (nSPS) is 15.2. The Morgan fingerprint density at radius 1 is 1.25 bits per heavy atom. The summed E-state index contributed by atoms with van der Waals surface area (Å²) in [5.74, 6) is -2.17. The van der Waals surface area contributed by atoms with E-state index in [0.29, 0.717) is 22.7 Å². The van der Waals surface area contributed by atoms with Crippen molar-refractivity contribution in [2.24, 2.45) is 10.4 Å². The van der Waals surface area contributed by atoms with Crippen LogP contribution in [0.3, 0.4) is 0 Å². The smallest absolute Gasteiger partial charge is 0.305 e. The first kappa shape index (κ1) is 27.2. The number of nitrogens with one attached hydrogen (secondary N) is 4. The number of guanidine groups is 1. The third-order valence-corrected chi connectivity index (χ3v) is 5.97. The molecule has 3 rings (SSSR count). The number of hydrogen-bond donors (Lipinski definition) is 6. The molecule has 192 valence electrons. The Morgan fingerprint density at radius 2 is 2.00 bits per heavy atom. The molecular weight excluding hydrogens is 556 g/mol. The van der Waals surface area contributed by atoms with E-state index in [-0.39, 0.29) is 27.3 Å². The largest absolute Gasteiger partial charge is 0.506 e. The van der Waals surface area contributed by atoms with Gasteiger partial charge in [0, 0.05) is 34.7 Å². The van der Waals surface area contributed by atoms with Crippen molar-refractivity contribution in [1.82, 2.24) is 20.9 Å². The van der Waals surface area contributed by atoms with E-state index in [1.54, 1.807) is 12.3 Å². The monoisotopic (exact) mass is 580 g/mol. The molecule has 0 saturated carbocycles. The molecule has 1 aliphatic heterocycles. The number of carboxylic acids is 1. The van der Waals surface area contributed by atoms with Crippen molar-refractivity contribution in [1.29, 1.82) is 0 Å². The number of halogens is 2. The highest BCUT2D eigenvalue weighted by atomic mass is 79.9. The van der Waals surface area contributed by atoms with Gasteiger partial charge in [-0.2, -0.15) is 0 Å². The Bertz CT molecular complexity index is 1210. The minimum absolute atomic E-state index is 0.00333. The van der Waals surface area contributed by atoms with Gasteiger partial charge in [-0.1, -0.05) is 41.4 Å². The minimum Gasteiger partial charge on any atom is -0.506 e. The summed E-state index contributed by atoms with van der Waals surface area (Å²) in [6.45, 7) is 5.16. The Kier molecular flexibility index (Phi) is 8.75. The Hall–Kier alpha value is -3.38. The molecule has 2 aromatic rings. The quantitative estimate of drug-likeness (QED) is 0.277. The highest BCUT2D eigenvalue weighted by Crippen LogP contribution is 2.36. The maximum Gasteiger partial charge on any atom is 0.305 e. The van der Waals surface area contributed by atoms with Gasteiger partial charge >= 0.3 is 5.97 Å². The Morgan fingerprint density at radius 3 is 2.67 bits per heavy atom. The molecule has 1 aromatic heterocycles. The fourth-order valence-electron chi connectivity index (χ4n) is 3.35. The van der Waals surface area contributed by atoms with E-state index >= 15 is 0 Å². The van der Waals surface area contributed by atoms with Crippen LogP contribution in [0.25, 0.3) is 0 Å². The maximum absolute atomic E-state index is 12.6. The van der Waals surface area contributed by atoms with Crippen molar-refractivity contribution >= 4 is 57.0 Å². The van der Waals surface area contributed by atoms with Gasteiger partial charge in [-0.15, -0.1) is 0 Å². The number of benzene rings is 1. The summed E-state index contributed by atoms with van der Waals surface area (Å²) >= 11 is 9.20. The number of nitrogens with zero attached hydrogens (tertiary/aromatic N) is 2. The summed E-state index contributed by atoms with van der Waals surface area (Å²) in [4.78, 5) is 44.9. The van der Waals surface area contributed by atoms with Gasteiger partial charge < -0.3 is 31.5 Å². The summed E-state index contributed by atoms with van der Waals surface area (Å²) in [6, 6.07) is 3.39. The van der Waals surface area contributed by atoms with E-state index < -0.39 is 36.8 Å². The molecule has 0 spiro atoms. The van der Waals surface area contributed by atoms with Crippen LogP contribution >= 0.6 is 27.5 Å². The van der Waals surface area contributed by atoms with Crippen LogP contribution in [0.2, 0.25) is 5.02 Å². The second kappa shape index (κ2) is 11.6. The fourth-order valence-corrected chi connectivity index (χ4v) is 4.19.